The molecule has 1 aliphatic rings. The first-order valence-corrected chi connectivity index (χ1v) is 6.65. The standard InChI is InChI=1S/C13H23NO3/c1-2-3-5-8-11(15)14-13(12(16)17)9-6-4-7-10-13/h2-10H2,1H3,(H,14,15)(H,16,17). The van der Waals surface area contributed by atoms with Crippen molar-refractivity contribution in [2.45, 2.75) is 70.3 Å². The van der Waals surface area contributed by atoms with Gasteiger partial charge in [-0.2, -0.15) is 0 Å². The van der Waals surface area contributed by atoms with Crippen LogP contribution in [0.4, 0.5) is 0 Å². The van der Waals surface area contributed by atoms with Gasteiger partial charge in [-0.25, -0.2) is 4.79 Å². The Labute approximate surface area is 103 Å². The van der Waals surface area contributed by atoms with Gasteiger partial charge in [0, 0.05) is 6.42 Å². The van der Waals surface area contributed by atoms with E-state index in [2.05, 4.69) is 12.2 Å². The van der Waals surface area contributed by atoms with Gasteiger partial charge < -0.3 is 10.4 Å². The third kappa shape index (κ3) is 4.02. The van der Waals surface area contributed by atoms with Gasteiger partial charge in [0.2, 0.25) is 5.91 Å². The van der Waals surface area contributed by atoms with Crippen molar-refractivity contribution in [2.75, 3.05) is 0 Å². The molecule has 0 atom stereocenters. The van der Waals surface area contributed by atoms with Crippen molar-refractivity contribution in [1.82, 2.24) is 5.32 Å². The second kappa shape index (κ2) is 6.62. The number of nitrogens with one attached hydrogen (secondary N) is 1. The molecule has 17 heavy (non-hydrogen) atoms. The number of carbonyl (C=O) groups is 2. The lowest BCUT2D eigenvalue weighted by molar-refractivity contribution is -0.149. The Hall–Kier alpha value is -1.06. The predicted octanol–water partition coefficient (Wildman–Crippen LogP) is 2.47. The highest BCUT2D eigenvalue weighted by Gasteiger charge is 2.40. The van der Waals surface area contributed by atoms with Gasteiger partial charge in [0.05, 0.1) is 0 Å². The lowest BCUT2D eigenvalue weighted by Gasteiger charge is -2.34. The number of rotatable bonds is 6. The van der Waals surface area contributed by atoms with Gasteiger partial charge in [-0.3, -0.25) is 4.79 Å². The Bertz CT molecular complexity index is 270. The molecule has 2 N–H and O–H groups in total. The summed E-state index contributed by atoms with van der Waals surface area (Å²) < 4.78 is 0. The number of carboxylic acids is 1. The Morgan fingerprint density at radius 2 is 1.82 bits per heavy atom. The molecule has 0 spiro atoms. The highest BCUT2D eigenvalue weighted by molar-refractivity contribution is 5.87. The SMILES string of the molecule is CCCCCC(=O)NC1(C(=O)O)CCCCC1. The van der Waals surface area contributed by atoms with Gasteiger partial charge in [-0.1, -0.05) is 39.0 Å². The lowest BCUT2D eigenvalue weighted by Crippen LogP contribution is -2.55. The summed E-state index contributed by atoms with van der Waals surface area (Å²) in [7, 11) is 0. The summed E-state index contributed by atoms with van der Waals surface area (Å²) in [5, 5.41) is 12.0. The van der Waals surface area contributed by atoms with E-state index in [4.69, 9.17) is 0 Å². The molecule has 1 saturated carbocycles. The number of unbranched alkanes of at least 4 members (excludes halogenated alkanes) is 2. The van der Waals surface area contributed by atoms with Gasteiger partial charge in [0.15, 0.2) is 0 Å². The molecule has 0 saturated heterocycles. The van der Waals surface area contributed by atoms with Gasteiger partial charge >= 0.3 is 5.97 Å². The van der Waals surface area contributed by atoms with E-state index >= 15 is 0 Å². The fourth-order valence-corrected chi connectivity index (χ4v) is 2.41. The number of hydrogen-bond donors (Lipinski definition) is 2. The van der Waals surface area contributed by atoms with Crippen LogP contribution in [0.25, 0.3) is 0 Å². The first kappa shape index (κ1) is 14.0. The zero-order valence-corrected chi connectivity index (χ0v) is 10.6. The van der Waals surface area contributed by atoms with Crippen LogP contribution < -0.4 is 5.32 Å². The molecular formula is C13H23NO3. The van der Waals surface area contributed by atoms with E-state index in [1.165, 1.54) is 0 Å². The van der Waals surface area contributed by atoms with Gasteiger partial charge in [-0.05, 0) is 19.3 Å². The van der Waals surface area contributed by atoms with Crippen LogP contribution >= 0.6 is 0 Å². The van der Waals surface area contributed by atoms with Crippen molar-refractivity contribution >= 4 is 11.9 Å². The average Bonchev–Trinajstić information content (AvgIpc) is 2.30. The minimum atomic E-state index is -0.985. The van der Waals surface area contributed by atoms with Crippen molar-refractivity contribution in [3.05, 3.63) is 0 Å². The fourth-order valence-electron chi connectivity index (χ4n) is 2.41. The molecule has 4 nitrogen and oxygen atoms in total. The molecule has 4 heteroatoms. The summed E-state index contributed by atoms with van der Waals surface area (Å²) in [6, 6.07) is 0. The first-order valence-electron chi connectivity index (χ1n) is 6.65. The van der Waals surface area contributed by atoms with E-state index in [0.29, 0.717) is 19.3 Å². The summed E-state index contributed by atoms with van der Waals surface area (Å²) in [6.07, 6.45) is 7.37. The molecule has 0 radical (unpaired) electrons. The largest absolute Gasteiger partial charge is 0.480 e. The van der Waals surface area contributed by atoms with E-state index < -0.39 is 11.5 Å². The van der Waals surface area contributed by atoms with E-state index in [1.54, 1.807) is 0 Å². The smallest absolute Gasteiger partial charge is 0.329 e. The van der Waals surface area contributed by atoms with Gasteiger partial charge in [0.25, 0.3) is 0 Å². The molecule has 0 aromatic carbocycles. The lowest BCUT2D eigenvalue weighted by atomic mass is 9.81. The zero-order valence-electron chi connectivity index (χ0n) is 10.6. The van der Waals surface area contributed by atoms with Crippen molar-refractivity contribution in [3.8, 4) is 0 Å². The van der Waals surface area contributed by atoms with Crippen LogP contribution in [-0.4, -0.2) is 22.5 Å². The van der Waals surface area contributed by atoms with Gasteiger partial charge in [-0.15, -0.1) is 0 Å². The maximum absolute atomic E-state index is 11.7. The zero-order chi connectivity index (χ0) is 12.7. The summed E-state index contributed by atoms with van der Waals surface area (Å²) in [5.41, 5.74) is -0.985. The monoisotopic (exact) mass is 241 g/mol. The van der Waals surface area contributed by atoms with E-state index in [9.17, 15) is 14.7 Å². The Morgan fingerprint density at radius 1 is 1.18 bits per heavy atom. The van der Waals surface area contributed by atoms with Crippen LogP contribution in [0.2, 0.25) is 0 Å². The number of aliphatic carboxylic acids is 1. The maximum Gasteiger partial charge on any atom is 0.329 e. The predicted molar refractivity (Wildman–Crippen MR) is 65.7 cm³/mol. The molecule has 0 aliphatic heterocycles. The Balaban J connectivity index is 2.48. The molecule has 1 amide bonds. The number of hydrogen-bond acceptors (Lipinski definition) is 2. The fraction of sp³-hybridized carbons (Fsp3) is 0.846. The molecule has 0 aromatic rings. The molecule has 1 aliphatic carbocycles. The highest BCUT2D eigenvalue weighted by Crippen LogP contribution is 2.28. The third-order valence-corrected chi connectivity index (χ3v) is 3.50. The normalized spacial score (nSPS) is 18.6. The minimum absolute atomic E-state index is 0.109. The quantitative estimate of drug-likeness (QED) is 0.702. The van der Waals surface area contributed by atoms with Crippen LogP contribution in [-0.2, 0) is 9.59 Å². The summed E-state index contributed by atoms with van der Waals surface area (Å²) in [4.78, 5) is 23.0. The molecule has 98 valence electrons. The molecule has 0 aromatic heterocycles. The second-order valence-corrected chi connectivity index (χ2v) is 4.95. The first-order chi connectivity index (χ1) is 8.10. The molecular weight excluding hydrogens is 218 g/mol. The number of amides is 1. The van der Waals surface area contributed by atoms with Crippen LogP contribution in [0.3, 0.4) is 0 Å². The molecule has 0 heterocycles. The molecule has 1 rings (SSSR count). The number of carboxylic acid groups (broad SMARTS) is 1. The van der Waals surface area contributed by atoms with E-state index in [-0.39, 0.29) is 5.91 Å². The topological polar surface area (TPSA) is 66.4 Å². The van der Waals surface area contributed by atoms with Crippen molar-refractivity contribution < 1.29 is 14.7 Å². The molecule has 1 fully saturated rings. The van der Waals surface area contributed by atoms with Gasteiger partial charge in [0.1, 0.15) is 5.54 Å². The van der Waals surface area contributed by atoms with E-state index in [1.807, 2.05) is 0 Å². The van der Waals surface area contributed by atoms with Crippen molar-refractivity contribution in [2.24, 2.45) is 0 Å². The van der Waals surface area contributed by atoms with Crippen LogP contribution in [0.1, 0.15) is 64.7 Å². The average molecular weight is 241 g/mol. The van der Waals surface area contributed by atoms with Crippen molar-refractivity contribution in [1.29, 1.82) is 0 Å². The van der Waals surface area contributed by atoms with Crippen LogP contribution in [0, 0.1) is 0 Å². The minimum Gasteiger partial charge on any atom is -0.480 e. The second-order valence-electron chi connectivity index (χ2n) is 4.95. The number of carbonyl (C=O) groups excluding carboxylic acids is 1. The Kier molecular flexibility index (Phi) is 5.45. The third-order valence-electron chi connectivity index (χ3n) is 3.50. The molecule has 0 unspecified atom stereocenters. The molecule has 0 bridgehead atoms. The Morgan fingerprint density at radius 3 is 2.35 bits per heavy atom. The maximum atomic E-state index is 11.7. The van der Waals surface area contributed by atoms with E-state index in [0.717, 1.165) is 38.5 Å². The van der Waals surface area contributed by atoms with Crippen LogP contribution in [0.5, 0.6) is 0 Å². The van der Waals surface area contributed by atoms with Crippen molar-refractivity contribution in [3.63, 3.8) is 0 Å². The summed E-state index contributed by atoms with van der Waals surface area (Å²) in [5.74, 6) is -0.983. The van der Waals surface area contributed by atoms with Crippen LogP contribution in [0.15, 0.2) is 0 Å². The highest BCUT2D eigenvalue weighted by atomic mass is 16.4. The summed E-state index contributed by atoms with van der Waals surface area (Å²) >= 11 is 0. The summed E-state index contributed by atoms with van der Waals surface area (Å²) in [6.45, 7) is 2.08.